The Morgan fingerprint density at radius 2 is 1.72 bits per heavy atom. The number of hydrogen-bond acceptors (Lipinski definition) is 6. The lowest BCUT2D eigenvalue weighted by molar-refractivity contribution is -0.0284. The smallest absolute Gasteiger partial charge is 0.217 e. The first-order chi connectivity index (χ1) is 15.3. The zero-order chi connectivity index (χ0) is 22.9. The molecule has 2 N–H and O–H groups in total. The van der Waals surface area contributed by atoms with Gasteiger partial charge in [0.15, 0.2) is 0 Å². The first kappa shape index (κ1) is 25.0. The third-order valence-electron chi connectivity index (χ3n) is 7.91. The summed E-state index contributed by atoms with van der Waals surface area (Å²) in [5, 5.41) is 5.67. The highest BCUT2D eigenvalue weighted by Gasteiger charge is 2.42. The summed E-state index contributed by atoms with van der Waals surface area (Å²) < 4.78 is 61.2. The van der Waals surface area contributed by atoms with Crippen LogP contribution >= 0.6 is 11.6 Å². The van der Waals surface area contributed by atoms with Crippen LogP contribution in [0.15, 0.2) is 0 Å². The van der Waals surface area contributed by atoms with E-state index in [-0.39, 0.29) is 37.1 Å². The third kappa shape index (κ3) is 5.42. The van der Waals surface area contributed by atoms with Crippen LogP contribution in [0.2, 0.25) is 0 Å². The van der Waals surface area contributed by atoms with Crippen molar-refractivity contribution in [2.45, 2.75) is 86.2 Å². The molecule has 4 fully saturated rings. The molecule has 186 valence electrons. The van der Waals surface area contributed by atoms with E-state index in [0.29, 0.717) is 52.1 Å². The largest absolute Gasteiger partial charge is 0.381 e. The van der Waals surface area contributed by atoms with Crippen molar-refractivity contribution in [3.63, 3.8) is 0 Å². The Morgan fingerprint density at radius 1 is 0.969 bits per heavy atom. The van der Waals surface area contributed by atoms with E-state index in [1.165, 1.54) is 0 Å². The molecule has 2 heterocycles. The highest BCUT2D eigenvalue weighted by molar-refractivity contribution is 7.89. The minimum atomic E-state index is -3.48. The summed E-state index contributed by atoms with van der Waals surface area (Å²) in [6.07, 6.45) is 1.72. The van der Waals surface area contributed by atoms with Gasteiger partial charge >= 0.3 is 0 Å². The molecule has 4 aliphatic rings. The van der Waals surface area contributed by atoms with Crippen LogP contribution in [0.4, 0.5) is 8.78 Å². The van der Waals surface area contributed by atoms with Crippen molar-refractivity contribution in [2.24, 2.45) is 5.92 Å². The number of rotatable bonds is 5. The Kier molecular flexibility index (Phi) is 8.33. The lowest BCUT2D eigenvalue weighted by Gasteiger charge is -2.46. The molecule has 0 bridgehead atoms. The van der Waals surface area contributed by atoms with Gasteiger partial charge in [-0.3, -0.25) is 10.2 Å². The van der Waals surface area contributed by atoms with Gasteiger partial charge in [0, 0.05) is 51.9 Å². The minimum absolute atomic E-state index is 0.0745. The van der Waals surface area contributed by atoms with Crippen molar-refractivity contribution in [1.29, 1.82) is 0 Å². The minimum Gasteiger partial charge on any atom is -0.381 e. The maximum Gasteiger partial charge on any atom is 0.217 e. The summed E-state index contributed by atoms with van der Waals surface area (Å²) in [4.78, 5) is 2.29. The van der Waals surface area contributed by atoms with E-state index in [4.69, 9.17) is 16.3 Å². The highest BCUT2D eigenvalue weighted by Crippen LogP contribution is 2.34. The van der Waals surface area contributed by atoms with Gasteiger partial charge in [-0.15, -0.1) is 11.6 Å². The van der Waals surface area contributed by atoms with E-state index in [1.807, 2.05) is 0 Å². The Morgan fingerprint density at radius 3 is 2.41 bits per heavy atom. The topological polar surface area (TPSA) is 73.9 Å². The second-order valence-electron chi connectivity index (χ2n) is 9.74. The molecule has 2 saturated heterocycles. The van der Waals surface area contributed by atoms with Gasteiger partial charge < -0.3 is 10.1 Å². The molecule has 7 nitrogen and oxygen atoms in total. The van der Waals surface area contributed by atoms with Crippen LogP contribution in [-0.4, -0.2) is 98.9 Å². The Bertz CT molecular complexity index is 728. The second-order valence-corrected chi connectivity index (χ2v) is 12.5. The summed E-state index contributed by atoms with van der Waals surface area (Å²) >= 11 is 6.03. The van der Waals surface area contributed by atoms with Crippen molar-refractivity contribution in [1.82, 2.24) is 19.8 Å². The first-order valence-electron chi connectivity index (χ1n) is 11.9. The Hall–Kier alpha value is -0.100. The van der Waals surface area contributed by atoms with Gasteiger partial charge in [-0.2, -0.15) is 4.31 Å². The van der Waals surface area contributed by atoms with E-state index in [0.717, 1.165) is 12.8 Å². The number of nitrogens with zero attached hydrogens (tertiary/aromatic N) is 2. The molecule has 0 aromatic heterocycles. The molecule has 4 rings (SSSR count). The maximum atomic E-state index is 14.1. The Balaban J connectivity index is 1.32. The molecule has 32 heavy (non-hydrogen) atoms. The van der Waals surface area contributed by atoms with Gasteiger partial charge in [-0.05, 0) is 44.9 Å². The quantitative estimate of drug-likeness (QED) is 0.563. The predicted molar refractivity (Wildman–Crippen MR) is 121 cm³/mol. The molecule has 0 spiro atoms. The van der Waals surface area contributed by atoms with Gasteiger partial charge in [0.2, 0.25) is 10.0 Å². The molecule has 0 aromatic carbocycles. The van der Waals surface area contributed by atoms with Crippen LogP contribution in [0.1, 0.15) is 44.9 Å². The average molecular weight is 499 g/mol. The number of hydrogen-bond donors (Lipinski definition) is 2. The normalized spacial score (nSPS) is 43.2. The van der Waals surface area contributed by atoms with Crippen LogP contribution in [0.25, 0.3) is 0 Å². The molecule has 2 aliphatic heterocycles. The summed E-state index contributed by atoms with van der Waals surface area (Å²) in [6.45, 7) is 2.77. The number of alkyl halides is 3. The van der Waals surface area contributed by atoms with E-state index >= 15 is 0 Å². The molecular formula is C21H37ClF2N4O3S. The molecule has 8 atom stereocenters. The number of piperazine rings is 1. The zero-order valence-electron chi connectivity index (χ0n) is 18.8. The zero-order valence-corrected chi connectivity index (χ0v) is 20.3. The molecular weight excluding hydrogens is 462 g/mol. The lowest BCUT2D eigenvalue weighted by atomic mass is 9.78. The van der Waals surface area contributed by atoms with Gasteiger partial charge in [0.1, 0.15) is 12.3 Å². The predicted octanol–water partition coefficient (Wildman–Crippen LogP) is 1.82. The SMILES string of the molecule is COC1CCC(F)CC1C1CC(N2CCN(S(=O)(=O)C3CCC(F)C(Cl)C3)CC2)NCN1. The van der Waals surface area contributed by atoms with Crippen LogP contribution in [-0.2, 0) is 14.8 Å². The van der Waals surface area contributed by atoms with Crippen molar-refractivity contribution in [3.05, 3.63) is 0 Å². The third-order valence-corrected chi connectivity index (χ3v) is 10.7. The van der Waals surface area contributed by atoms with Crippen LogP contribution in [0.5, 0.6) is 0 Å². The molecule has 2 aliphatic carbocycles. The summed E-state index contributed by atoms with van der Waals surface area (Å²) in [5.74, 6) is 0.143. The number of sulfonamides is 1. The second kappa shape index (κ2) is 10.7. The van der Waals surface area contributed by atoms with Crippen LogP contribution < -0.4 is 10.6 Å². The van der Waals surface area contributed by atoms with E-state index < -0.39 is 33.0 Å². The number of nitrogens with one attached hydrogen (secondary N) is 2. The average Bonchev–Trinajstić information content (AvgIpc) is 2.81. The fourth-order valence-corrected chi connectivity index (χ4v) is 8.38. The molecule has 0 aromatic rings. The van der Waals surface area contributed by atoms with E-state index in [2.05, 4.69) is 15.5 Å². The molecule has 2 saturated carbocycles. The van der Waals surface area contributed by atoms with Crippen molar-refractivity contribution >= 4 is 21.6 Å². The molecule has 0 radical (unpaired) electrons. The van der Waals surface area contributed by atoms with Crippen molar-refractivity contribution in [2.75, 3.05) is 40.0 Å². The summed E-state index contributed by atoms with van der Waals surface area (Å²) in [6, 6.07) is 0.169. The Labute approximate surface area is 195 Å². The summed E-state index contributed by atoms with van der Waals surface area (Å²) in [7, 11) is -1.77. The molecule has 11 heteroatoms. The standard InChI is InChI=1S/C21H37ClF2N4O3S/c1-31-20-5-2-14(23)10-16(20)19-12-21(26-13-25-19)27-6-8-28(9-7-27)32(29,30)15-3-4-18(24)17(22)11-15/h14-21,25-26H,2-13H2,1H3. The number of methoxy groups -OCH3 is 1. The van der Waals surface area contributed by atoms with Crippen LogP contribution in [0.3, 0.4) is 0 Å². The van der Waals surface area contributed by atoms with Gasteiger partial charge in [0.05, 0.1) is 22.9 Å². The van der Waals surface area contributed by atoms with Gasteiger partial charge in [0.25, 0.3) is 0 Å². The monoisotopic (exact) mass is 498 g/mol. The van der Waals surface area contributed by atoms with E-state index in [1.54, 1.807) is 11.4 Å². The van der Waals surface area contributed by atoms with E-state index in [9.17, 15) is 17.2 Å². The lowest BCUT2D eigenvalue weighted by Crippen LogP contribution is -2.64. The van der Waals surface area contributed by atoms with Crippen molar-refractivity contribution < 1.29 is 21.9 Å². The number of halogens is 3. The summed E-state index contributed by atoms with van der Waals surface area (Å²) in [5.41, 5.74) is 0. The van der Waals surface area contributed by atoms with Crippen LogP contribution in [0, 0.1) is 5.92 Å². The fourth-order valence-electron chi connectivity index (χ4n) is 5.95. The van der Waals surface area contributed by atoms with Gasteiger partial charge in [-0.25, -0.2) is 17.2 Å². The van der Waals surface area contributed by atoms with Gasteiger partial charge in [-0.1, -0.05) is 0 Å². The highest BCUT2D eigenvalue weighted by atomic mass is 35.5. The van der Waals surface area contributed by atoms with Crippen molar-refractivity contribution in [3.8, 4) is 0 Å². The number of ether oxygens (including phenoxy) is 1. The maximum absolute atomic E-state index is 14.1. The first-order valence-corrected chi connectivity index (χ1v) is 13.9. The molecule has 8 unspecified atom stereocenters. The fraction of sp³-hybridized carbons (Fsp3) is 1.00. The molecule has 0 amide bonds.